The van der Waals surface area contributed by atoms with Crippen LogP contribution in [0, 0.1) is 13.8 Å². The Balaban J connectivity index is 1.44. The molecule has 1 saturated heterocycles. The van der Waals surface area contributed by atoms with Gasteiger partial charge in [-0.2, -0.15) is 0 Å². The van der Waals surface area contributed by atoms with Crippen LogP contribution in [0.4, 0.5) is 11.4 Å². The van der Waals surface area contributed by atoms with E-state index >= 15 is 0 Å². The summed E-state index contributed by atoms with van der Waals surface area (Å²) in [5.41, 5.74) is 5.08. The van der Waals surface area contributed by atoms with Crippen molar-refractivity contribution in [3.63, 3.8) is 0 Å². The summed E-state index contributed by atoms with van der Waals surface area (Å²) in [5, 5.41) is 0.579. The van der Waals surface area contributed by atoms with E-state index in [-0.39, 0.29) is 11.9 Å². The average molecular weight is 523 g/mol. The first-order valence-electron chi connectivity index (χ1n) is 12.2. The van der Waals surface area contributed by atoms with E-state index in [0.717, 1.165) is 28.1 Å². The third kappa shape index (κ3) is 5.48. The normalized spacial score (nSPS) is 15.4. The summed E-state index contributed by atoms with van der Waals surface area (Å²) in [6.45, 7) is 6.13. The third-order valence-corrected chi connectivity index (χ3v) is 6.91. The second-order valence-electron chi connectivity index (χ2n) is 8.82. The van der Waals surface area contributed by atoms with E-state index in [1.807, 2.05) is 86.6 Å². The Bertz CT molecular complexity index is 1530. The maximum absolute atomic E-state index is 13.6. The molecule has 1 aliphatic rings. The Labute approximate surface area is 225 Å². The number of esters is 1. The van der Waals surface area contributed by atoms with Gasteiger partial charge in [-0.25, -0.2) is 9.79 Å². The molecule has 0 radical (unpaired) electrons. The van der Waals surface area contributed by atoms with Gasteiger partial charge in [-0.15, -0.1) is 0 Å². The number of ether oxygens (including phenoxy) is 1. The SMILES string of the molecule is CCOC(=O)c1ccc(-c2ccc(/C=C3/SC(=Nc4ccc(C)cc4)N(c4ccc(C)cc4)C3=O)o2)cc1. The van der Waals surface area contributed by atoms with Crippen molar-refractivity contribution in [2.45, 2.75) is 20.8 Å². The quantitative estimate of drug-likeness (QED) is 0.193. The summed E-state index contributed by atoms with van der Waals surface area (Å²) >= 11 is 1.31. The average Bonchev–Trinajstić information content (AvgIpc) is 3.51. The highest BCUT2D eigenvalue weighted by Gasteiger charge is 2.35. The number of hydrogen-bond acceptors (Lipinski definition) is 6. The second-order valence-corrected chi connectivity index (χ2v) is 9.83. The van der Waals surface area contributed by atoms with E-state index < -0.39 is 0 Å². The predicted octanol–water partition coefficient (Wildman–Crippen LogP) is 7.55. The zero-order valence-corrected chi connectivity index (χ0v) is 22.1. The molecule has 0 unspecified atom stereocenters. The molecule has 1 aromatic heterocycles. The predicted molar refractivity (Wildman–Crippen MR) is 153 cm³/mol. The molecule has 1 fully saturated rings. The minimum atomic E-state index is -0.359. The van der Waals surface area contributed by atoms with Crippen LogP contribution < -0.4 is 4.90 Å². The molecule has 0 atom stereocenters. The van der Waals surface area contributed by atoms with Gasteiger partial charge >= 0.3 is 5.97 Å². The van der Waals surface area contributed by atoms with Gasteiger partial charge in [0.2, 0.25) is 0 Å². The van der Waals surface area contributed by atoms with E-state index in [4.69, 9.17) is 14.1 Å². The van der Waals surface area contributed by atoms with Crippen molar-refractivity contribution in [3.05, 3.63) is 112 Å². The Hall–Kier alpha value is -4.36. The summed E-state index contributed by atoms with van der Waals surface area (Å²) in [6.07, 6.45) is 1.74. The summed E-state index contributed by atoms with van der Waals surface area (Å²) in [7, 11) is 0. The molecule has 4 aromatic rings. The molecular formula is C31H26N2O4S. The highest BCUT2D eigenvalue weighted by atomic mass is 32.2. The molecule has 7 heteroatoms. The number of furan rings is 1. The van der Waals surface area contributed by atoms with Crippen LogP contribution in [0.25, 0.3) is 17.4 Å². The Morgan fingerprint density at radius 3 is 2.24 bits per heavy atom. The van der Waals surface area contributed by atoms with Crippen molar-refractivity contribution < 1.29 is 18.7 Å². The van der Waals surface area contributed by atoms with Crippen molar-refractivity contribution in [3.8, 4) is 11.3 Å². The van der Waals surface area contributed by atoms with Gasteiger partial charge in [-0.3, -0.25) is 9.69 Å². The molecular weight excluding hydrogens is 496 g/mol. The standard InChI is InChI=1S/C31H26N2O4S/c1-4-36-30(35)23-11-9-22(10-12-23)27-18-17-26(37-27)19-28-29(34)33(25-15-7-21(3)8-16-25)31(38-28)32-24-13-5-20(2)6-14-24/h5-19H,4H2,1-3H3/b28-19+,32-31?. The van der Waals surface area contributed by atoms with Gasteiger partial charge in [-0.05, 0) is 81.1 Å². The van der Waals surface area contributed by atoms with Crippen LogP contribution in [-0.4, -0.2) is 23.7 Å². The third-order valence-electron chi connectivity index (χ3n) is 5.94. The van der Waals surface area contributed by atoms with Gasteiger partial charge in [0.25, 0.3) is 5.91 Å². The summed E-state index contributed by atoms with van der Waals surface area (Å²) in [5.74, 6) is 0.654. The van der Waals surface area contributed by atoms with Crippen LogP contribution in [0.2, 0.25) is 0 Å². The highest BCUT2D eigenvalue weighted by molar-refractivity contribution is 8.19. The first-order valence-corrected chi connectivity index (χ1v) is 13.1. The fourth-order valence-electron chi connectivity index (χ4n) is 3.90. The zero-order chi connectivity index (χ0) is 26.6. The van der Waals surface area contributed by atoms with E-state index in [0.29, 0.717) is 33.8 Å². The molecule has 0 spiro atoms. The number of benzene rings is 3. The molecule has 38 heavy (non-hydrogen) atoms. The molecule has 1 amide bonds. The lowest BCUT2D eigenvalue weighted by Gasteiger charge is -2.16. The molecule has 0 aliphatic carbocycles. The van der Waals surface area contributed by atoms with Crippen LogP contribution in [0.15, 0.2) is 99.2 Å². The number of thioether (sulfide) groups is 1. The van der Waals surface area contributed by atoms with Gasteiger partial charge in [-0.1, -0.05) is 47.5 Å². The maximum atomic E-state index is 13.6. The second kappa shape index (κ2) is 10.9. The Morgan fingerprint density at radius 2 is 1.58 bits per heavy atom. The molecule has 1 aliphatic heterocycles. The number of aliphatic imine (C=N–C) groups is 1. The minimum Gasteiger partial charge on any atom is -0.462 e. The molecule has 3 aromatic carbocycles. The van der Waals surface area contributed by atoms with E-state index in [1.54, 1.807) is 30.0 Å². The number of hydrogen-bond donors (Lipinski definition) is 0. The monoisotopic (exact) mass is 522 g/mol. The lowest BCUT2D eigenvalue weighted by Crippen LogP contribution is -2.28. The number of anilines is 1. The van der Waals surface area contributed by atoms with Crippen molar-refractivity contribution in [1.82, 2.24) is 0 Å². The summed E-state index contributed by atoms with van der Waals surface area (Å²) in [6, 6.07) is 26.4. The zero-order valence-electron chi connectivity index (χ0n) is 21.3. The molecule has 190 valence electrons. The van der Waals surface area contributed by atoms with E-state index in [9.17, 15) is 9.59 Å². The van der Waals surface area contributed by atoms with Crippen LogP contribution in [0.1, 0.15) is 34.2 Å². The van der Waals surface area contributed by atoms with Crippen molar-refractivity contribution in [2.75, 3.05) is 11.5 Å². The fourth-order valence-corrected chi connectivity index (χ4v) is 4.88. The fraction of sp³-hybridized carbons (Fsp3) is 0.129. The van der Waals surface area contributed by atoms with Gasteiger partial charge in [0.15, 0.2) is 5.17 Å². The molecule has 0 saturated carbocycles. The summed E-state index contributed by atoms with van der Waals surface area (Å²) < 4.78 is 11.1. The maximum Gasteiger partial charge on any atom is 0.338 e. The van der Waals surface area contributed by atoms with E-state index in [1.165, 1.54) is 11.8 Å². The molecule has 5 rings (SSSR count). The minimum absolute atomic E-state index is 0.165. The van der Waals surface area contributed by atoms with Crippen molar-refractivity contribution >= 4 is 46.3 Å². The number of amides is 1. The first kappa shape index (κ1) is 25.3. The smallest absolute Gasteiger partial charge is 0.338 e. The van der Waals surface area contributed by atoms with Crippen molar-refractivity contribution in [1.29, 1.82) is 0 Å². The van der Waals surface area contributed by atoms with Crippen LogP contribution in [0.3, 0.4) is 0 Å². The lowest BCUT2D eigenvalue weighted by molar-refractivity contribution is -0.113. The molecule has 2 heterocycles. The number of amidine groups is 1. The van der Waals surface area contributed by atoms with Gasteiger partial charge < -0.3 is 9.15 Å². The number of aryl methyl sites for hydroxylation is 2. The van der Waals surface area contributed by atoms with Crippen molar-refractivity contribution in [2.24, 2.45) is 4.99 Å². The molecule has 0 N–H and O–H groups in total. The first-order chi connectivity index (χ1) is 18.4. The van der Waals surface area contributed by atoms with E-state index in [2.05, 4.69) is 0 Å². The molecule has 6 nitrogen and oxygen atoms in total. The van der Waals surface area contributed by atoms with Crippen LogP contribution in [-0.2, 0) is 9.53 Å². The highest BCUT2D eigenvalue weighted by Crippen LogP contribution is 2.38. The lowest BCUT2D eigenvalue weighted by atomic mass is 10.1. The Kier molecular flexibility index (Phi) is 7.29. The van der Waals surface area contributed by atoms with Gasteiger partial charge in [0.1, 0.15) is 11.5 Å². The van der Waals surface area contributed by atoms with Gasteiger partial charge in [0, 0.05) is 11.6 Å². The largest absolute Gasteiger partial charge is 0.462 e. The number of carbonyl (C=O) groups is 2. The van der Waals surface area contributed by atoms with Crippen LogP contribution >= 0.6 is 11.8 Å². The Morgan fingerprint density at radius 1 is 0.921 bits per heavy atom. The molecule has 0 bridgehead atoms. The number of rotatable bonds is 6. The summed E-state index contributed by atoms with van der Waals surface area (Å²) in [4.78, 5) is 32.4. The number of carbonyl (C=O) groups excluding carboxylic acids is 2. The van der Waals surface area contributed by atoms with Gasteiger partial charge in [0.05, 0.1) is 28.5 Å². The number of nitrogens with zero attached hydrogens (tertiary/aromatic N) is 2. The van der Waals surface area contributed by atoms with Crippen LogP contribution in [0.5, 0.6) is 0 Å². The topological polar surface area (TPSA) is 72.1 Å².